The number of likely N-dealkylation sites (tertiary alicyclic amines) is 1. The number of alkyl halides is 1. The van der Waals surface area contributed by atoms with E-state index in [0.29, 0.717) is 13.0 Å². The highest BCUT2D eigenvalue weighted by Crippen LogP contribution is 2.42. The molecule has 1 aromatic rings. The first-order valence-electron chi connectivity index (χ1n) is 7.78. The molecule has 0 N–H and O–H groups in total. The van der Waals surface area contributed by atoms with E-state index in [2.05, 4.69) is 16.9 Å². The largest absolute Gasteiger partial charge is 0.296 e. The average Bonchev–Trinajstić information content (AvgIpc) is 2.52. The molecule has 116 valence electrons. The zero-order valence-corrected chi connectivity index (χ0v) is 13.3. The molecule has 0 amide bonds. The maximum atomic E-state index is 14.7. The molecule has 2 nitrogen and oxygen atoms in total. The Labute approximate surface area is 132 Å². The highest BCUT2D eigenvalue weighted by molar-refractivity contribution is 5.34. The quantitative estimate of drug-likeness (QED) is 0.791. The summed E-state index contributed by atoms with van der Waals surface area (Å²) in [7, 11) is 0. The van der Waals surface area contributed by atoms with Crippen LogP contribution in [-0.4, -0.2) is 24.2 Å². The number of rotatable bonds is 4. The Morgan fingerprint density at radius 1 is 1.45 bits per heavy atom. The number of nitriles is 1. The normalized spacial score (nSPS) is 26.9. The second kappa shape index (κ2) is 6.95. The molecule has 3 heteroatoms. The Morgan fingerprint density at radius 3 is 2.68 bits per heavy atom. The van der Waals surface area contributed by atoms with Gasteiger partial charge < -0.3 is 0 Å². The van der Waals surface area contributed by atoms with Crippen LogP contribution >= 0.6 is 0 Å². The van der Waals surface area contributed by atoms with E-state index in [4.69, 9.17) is 11.7 Å². The molecule has 1 fully saturated rings. The Morgan fingerprint density at radius 2 is 2.14 bits per heavy atom. The first kappa shape index (κ1) is 16.5. The van der Waals surface area contributed by atoms with Gasteiger partial charge in [-0.1, -0.05) is 31.9 Å². The van der Waals surface area contributed by atoms with Crippen LogP contribution in [0.3, 0.4) is 0 Å². The summed E-state index contributed by atoms with van der Waals surface area (Å²) < 4.78 is 14.7. The number of benzene rings is 1. The molecule has 1 aromatic carbocycles. The van der Waals surface area contributed by atoms with Gasteiger partial charge in [-0.2, -0.15) is 5.26 Å². The Hall–Kier alpha value is -1.84. The van der Waals surface area contributed by atoms with Gasteiger partial charge in [-0.15, -0.1) is 6.42 Å². The molecule has 1 aliphatic heterocycles. The van der Waals surface area contributed by atoms with Gasteiger partial charge in [0.05, 0.1) is 6.07 Å². The van der Waals surface area contributed by atoms with Gasteiger partial charge in [0.25, 0.3) is 0 Å². The van der Waals surface area contributed by atoms with E-state index in [9.17, 15) is 4.39 Å². The monoisotopic (exact) mass is 298 g/mol. The van der Waals surface area contributed by atoms with Crippen LogP contribution in [0.4, 0.5) is 4.39 Å². The van der Waals surface area contributed by atoms with Gasteiger partial charge >= 0.3 is 0 Å². The van der Waals surface area contributed by atoms with E-state index in [0.717, 1.165) is 30.6 Å². The topological polar surface area (TPSA) is 27.0 Å². The van der Waals surface area contributed by atoms with Crippen molar-refractivity contribution in [2.75, 3.05) is 13.1 Å². The zero-order valence-electron chi connectivity index (χ0n) is 13.3. The van der Waals surface area contributed by atoms with Gasteiger partial charge in [0.15, 0.2) is 0 Å². The fraction of sp³-hybridized carbons (Fsp3) is 0.526. The molecule has 0 saturated carbocycles. The lowest BCUT2D eigenvalue weighted by molar-refractivity contribution is -0.0188. The minimum absolute atomic E-state index is 0.0876. The minimum atomic E-state index is -0.894. The van der Waals surface area contributed by atoms with Gasteiger partial charge in [-0.05, 0) is 36.6 Å². The summed E-state index contributed by atoms with van der Waals surface area (Å²) in [6, 6.07) is 10.0. The lowest BCUT2D eigenvalue weighted by Gasteiger charge is -2.45. The fourth-order valence-electron chi connectivity index (χ4n) is 3.12. The summed E-state index contributed by atoms with van der Waals surface area (Å²) in [6.45, 7) is 6.02. The third kappa shape index (κ3) is 3.49. The minimum Gasteiger partial charge on any atom is -0.296 e. The van der Waals surface area contributed by atoms with Crippen molar-refractivity contribution in [3.05, 3.63) is 35.4 Å². The molecular weight excluding hydrogens is 275 g/mol. The van der Waals surface area contributed by atoms with E-state index in [1.54, 1.807) is 0 Å². The van der Waals surface area contributed by atoms with Crippen LogP contribution in [0.15, 0.2) is 24.3 Å². The molecule has 3 unspecified atom stereocenters. The van der Waals surface area contributed by atoms with Gasteiger partial charge in [-0.25, -0.2) is 4.39 Å². The summed E-state index contributed by atoms with van der Waals surface area (Å²) >= 11 is 0. The number of hydrogen-bond donors (Lipinski definition) is 0. The van der Waals surface area contributed by atoms with Gasteiger partial charge in [0.1, 0.15) is 6.17 Å². The first-order chi connectivity index (χ1) is 10.5. The highest BCUT2D eigenvalue weighted by Gasteiger charge is 2.43. The van der Waals surface area contributed by atoms with E-state index in [-0.39, 0.29) is 11.3 Å². The molecule has 22 heavy (non-hydrogen) atoms. The van der Waals surface area contributed by atoms with Crippen LogP contribution in [0, 0.1) is 35.0 Å². The number of halogens is 1. The molecule has 2 rings (SSSR count). The molecule has 3 atom stereocenters. The molecule has 0 aliphatic carbocycles. The molecule has 0 spiro atoms. The lowest BCUT2D eigenvalue weighted by Crippen LogP contribution is -2.50. The summed E-state index contributed by atoms with van der Waals surface area (Å²) in [5.41, 5.74) is 1.63. The standard InChI is InChI=1S/C19H23FN2/c1-4-16-5-7-17(8-6-16)13-22-12-10-19(3,18(20)14-22)15(2)9-11-21/h1,5-8,15,18H,9-10,12-14H2,2-3H3. The summed E-state index contributed by atoms with van der Waals surface area (Å²) in [5.74, 6) is 2.69. The van der Waals surface area contributed by atoms with Crippen molar-refractivity contribution in [3.63, 3.8) is 0 Å². The van der Waals surface area contributed by atoms with Crippen LogP contribution in [0.2, 0.25) is 0 Å². The summed E-state index contributed by atoms with van der Waals surface area (Å²) in [5, 5.41) is 8.86. The van der Waals surface area contributed by atoms with Gasteiger partial charge in [-0.3, -0.25) is 4.90 Å². The first-order valence-corrected chi connectivity index (χ1v) is 7.78. The molecule has 0 radical (unpaired) electrons. The number of hydrogen-bond acceptors (Lipinski definition) is 2. The maximum absolute atomic E-state index is 14.7. The zero-order chi connectivity index (χ0) is 16.2. The van der Waals surface area contributed by atoms with Crippen molar-refractivity contribution in [2.45, 2.75) is 39.4 Å². The van der Waals surface area contributed by atoms with Crippen molar-refractivity contribution >= 4 is 0 Å². The van der Waals surface area contributed by atoms with Crippen molar-refractivity contribution in [1.29, 1.82) is 5.26 Å². The highest BCUT2D eigenvalue weighted by atomic mass is 19.1. The Balaban J connectivity index is 1.98. The molecule has 1 aliphatic rings. The predicted molar refractivity (Wildman–Crippen MR) is 86.7 cm³/mol. The molecule has 1 saturated heterocycles. The summed E-state index contributed by atoms with van der Waals surface area (Å²) in [4.78, 5) is 2.15. The van der Waals surface area contributed by atoms with E-state index in [1.165, 1.54) is 0 Å². The van der Waals surface area contributed by atoms with E-state index in [1.807, 2.05) is 38.1 Å². The van der Waals surface area contributed by atoms with Crippen molar-refractivity contribution < 1.29 is 4.39 Å². The predicted octanol–water partition coefficient (Wildman–Crippen LogP) is 3.77. The third-order valence-electron chi connectivity index (χ3n) is 5.15. The molecule has 0 aromatic heterocycles. The Kier molecular flexibility index (Phi) is 5.22. The van der Waals surface area contributed by atoms with Crippen molar-refractivity contribution in [1.82, 2.24) is 4.90 Å². The van der Waals surface area contributed by atoms with Gasteiger partial charge in [0, 0.05) is 30.5 Å². The smallest absolute Gasteiger partial charge is 0.118 e. The van der Waals surface area contributed by atoms with Crippen LogP contribution in [0.5, 0.6) is 0 Å². The SMILES string of the molecule is C#Cc1ccc(CN2CCC(C)(C(C)CC#N)C(F)C2)cc1. The molecule has 0 bridgehead atoms. The number of terminal acetylenes is 1. The van der Waals surface area contributed by atoms with Crippen LogP contribution in [0.1, 0.15) is 37.8 Å². The molecular formula is C19H23FN2. The Bertz CT molecular complexity index is 581. The van der Waals surface area contributed by atoms with Crippen molar-refractivity contribution in [3.8, 4) is 18.4 Å². The van der Waals surface area contributed by atoms with Crippen LogP contribution in [0.25, 0.3) is 0 Å². The summed E-state index contributed by atoms with van der Waals surface area (Å²) in [6.07, 6.45) is 5.67. The van der Waals surface area contributed by atoms with E-state index >= 15 is 0 Å². The lowest BCUT2D eigenvalue weighted by atomic mass is 9.68. The number of piperidine rings is 1. The van der Waals surface area contributed by atoms with Gasteiger partial charge in [0.2, 0.25) is 0 Å². The van der Waals surface area contributed by atoms with Crippen LogP contribution in [-0.2, 0) is 6.54 Å². The third-order valence-corrected chi connectivity index (χ3v) is 5.15. The van der Waals surface area contributed by atoms with Crippen LogP contribution < -0.4 is 0 Å². The second-order valence-electron chi connectivity index (χ2n) is 6.56. The molecule has 1 heterocycles. The maximum Gasteiger partial charge on any atom is 0.118 e. The van der Waals surface area contributed by atoms with Crippen molar-refractivity contribution in [2.24, 2.45) is 11.3 Å². The number of nitrogens with zero attached hydrogens (tertiary/aromatic N) is 2. The van der Waals surface area contributed by atoms with E-state index < -0.39 is 6.17 Å². The second-order valence-corrected chi connectivity index (χ2v) is 6.56. The average molecular weight is 298 g/mol. The fourth-order valence-corrected chi connectivity index (χ4v) is 3.12.